The highest BCUT2D eigenvalue weighted by Crippen LogP contribution is 2.24. The highest BCUT2D eigenvalue weighted by Gasteiger charge is 2.29. The van der Waals surface area contributed by atoms with Gasteiger partial charge in [-0.15, -0.1) is 0 Å². The monoisotopic (exact) mass is 287 g/mol. The number of carbonyl (C=O) groups excluding carboxylic acids is 1. The fourth-order valence-electron chi connectivity index (χ4n) is 2.00. The molecule has 1 amide bonds. The molecule has 0 bridgehead atoms. The van der Waals surface area contributed by atoms with Gasteiger partial charge >= 0.3 is 0 Å². The average Bonchev–Trinajstić information content (AvgIpc) is 2.31. The number of ether oxygens (including phenoxy) is 1. The predicted octanol–water partition coefficient (Wildman–Crippen LogP) is 3.24. The molecule has 1 heterocycles. The molecule has 1 saturated heterocycles. The smallest absolute Gasteiger partial charge is 0.255 e. The molecule has 1 fully saturated rings. The molecule has 2 atom stereocenters. The van der Waals surface area contributed by atoms with Crippen LogP contribution < -0.4 is 0 Å². The van der Waals surface area contributed by atoms with Gasteiger partial charge in [-0.3, -0.25) is 4.79 Å². The minimum Gasteiger partial charge on any atom is -0.375 e. The summed E-state index contributed by atoms with van der Waals surface area (Å²) in [5, 5.41) is 0.916. The summed E-state index contributed by atoms with van der Waals surface area (Å²) >= 11 is 11.9. The molecule has 3 nitrogen and oxygen atoms in total. The largest absolute Gasteiger partial charge is 0.375 e. The van der Waals surface area contributed by atoms with Gasteiger partial charge in [-0.25, -0.2) is 0 Å². The summed E-state index contributed by atoms with van der Waals surface area (Å²) < 4.78 is 5.51. The highest BCUT2D eigenvalue weighted by atomic mass is 35.5. The zero-order valence-electron chi connectivity index (χ0n) is 10.3. The second-order valence-electron chi connectivity index (χ2n) is 4.57. The Morgan fingerprint density at radius 1 is 1.39 bits per heavy atom. The van der Waals surface area contributed by atoms with Gasteiger partial charge in [0.15, 0.2) is 0 Å². The summed E-state index contributed by atoms with van der Waals surface area (Å²) in [6, 6.07) is 4.99. The van der Waals surface area contributed by atoms with E-state index in [2.05, 4.69) is 0 Å². The quantitative estimate of drug-likeness (QED) is 0.794. The number of rotatable bonds is 1. The summed E-state index contributed by atoms with van der Waals surface area (Å²) in [5.74, 6) is -0.0701. The standard InChI is InChI=1S/C13H15Cl2NO2/c1-8-7-18-9(2)6-16(8)13(17)11-4-3-10(14)5-12(11)15/h3-5,8-9H,6-7H2,1-2H3/t8-,9+/m1/s1. The molecular formula is C13H15Cl2NO2. The lowest BCUT2D eigenvalue weighted by atomic mass is 10.1. The molecule has 98 valence electrons. The Morgan fingerprint density at radius 2 is 2.11 bits per heavy atom. The lowest BCUT2D eigenvalue weighted by Crippen LogP contribution is -2.50. The zero-order valence-corrected chi connectivity index (χ0v) is 11.8. The first-order valence-electron chi connectivity index (χ1n) is 5.86. The lowest BCUT2D eigenvalue weighted by molar-refractivity contribution is -0.0387. The molecule has 18 heavy (non-hydrogen) atoms. The van der Waals surface area contributed by atoms with Crippen LogP contribution in [-0.2, 0) is 4.74 Å². The van der Waals surface area contributed by atoms with Crippen molar-refractivity contribution in [2.75, 3.05) is 13.2 Å². The van der Waals surface area contributed by atoms with E-state index < -0.39 is 0 Å². The van der Waals surface area contributed by atoms with Gasteiger partial charge in [-0.05, 0) is 32.0 Å². The van der Waals surface area contributed by atoms with Crippen molar-refractivity contribution >= 4 is 29.1 Å². The number of halogens is 2. The van der Waals surface area contributed by atoms with Crippen molar-refractivity contribution in [3.05, 3.63) is 33.8 Å². The van der Waals surface area contributed by atoms with Gasteiger partial charge in [0.05, 0.1) is 29.3 Å². The maximum atomic E-state index is 12.4. The van der Waals surface area contributed by atoms with Gasteiger partial charge in [0.25, 0.3) is 5.91 Å². The van der Waals surface area contributed by atoms with Crippen molar-refractivity contribution in [2.24, 2.45) is 0 Å². The molecule has 0 unspecified atom stereocenters. The van der Waals surface area contributed by atoms with Crippen molar-refractivity contribution in [1.82, 2.24) is 4.90 Å². The predicted molar refractivity (Wildman–Crippen MR) is 72.4 cm³/mol. The van der Waals surface area contributed by atoms with Crippen molar-refractivity contribution in [2.45, 2.75) is 26.0 Å². The van der Waals surface area contributed by atoms with Crippen LogP contribution in [0.4, 0.5) is 0 Å². The molecule has 2 rings (SSSR count). The van der Waals surface area contributed by atoms with Crippen LogP contribution in [0.15, 0.2) is 18.2 Å². The number of nitrogens with zero attached hydrogens (tertiary/aromatic N) is 1. The van der Waals surface area contributed by atoms with E-state index in [1.807, 2.05) is 13.8 Å². The van der Waals surface area contributed by atoms with Crippen LogP contribution in [0.3, 0.4) is 0 Å². The van der Waals surface area contributed by atoms with E-state index in [9.17, 15) is 4.79 Å². The topological polar surface area (TPSA) is 29.5 Å². The summed E-state index contributed by atoms with van der Waals surface area (Å²) in [7, 11) is 0. The third-order valence-electron chi connectivity index (χ3n) is 3.03. The van der Waals surface area contributed by atoms with E-state index >= 15 is 0 Å². The van der Waals surface area contributed by atoms with Crippen molar-refractivity contribution in [3.63, 3.8) is 0 Å². The van der Waals surface area contributed by atoms with Crippen LogP contribution in [0.2, 0.25) is 10.0 Å². The van der Waals surface area contributed by atoms with E-state index in [1.165, 1.54) is 0 Å². The highest BCUT2D eigenvalue weighted by molar-refractivity contribution is 6.36. The third-order valence-corrected chi connectivity index (χ3v) is 3.58. The summed E-state index contributed by atoms with van der Waals surface area (Å²) in [4.78, 5) is 14.2. The Morgan fingerprint density at radius 3 is 2.78 bits per heavy atom. The van der Waals surface area contributed by atoms with Gasteiger partial charge in [0.1, 0.15) is 0 Å². The summed E-state index contributed by atoms with van der Waals surface area (Å²) in [6.45, 7) is 5.06. The van der Waals surface area contributed by atoms with Crippen LogP contribution in [0.5, 0.6) is 0 Å². The maximum absolute atomic E-state index is 12.4. The second kappa shape index (κ2) is 5.47. The SMILES string of the molecule is C[C@@H]1CO[C@@H](C)CN1C(=O)c1ccc(Cl)cc1Cl. The molecule has 0 spiro atoms. The molecule has 0 N–H and O–H groups in total. The molecular weight excluding hydrogens is 273 g/mol. The van der Waals surface area contributed by atoms with Crippen LogP contribution in [0.1, 0.15) is 24.2 Å². The van der Waals surface area contributed by atoms with Gasteiger partial charge in [-0.1, -0.05) is 23.2 Å². The lowest BCUT2D eigenvalue weighted by Gasteiger charge is -2.37. The zero-order chi connectivity index (χ0) is 13.3. The van der Waals surface area contributed by atoms with E-state index in [0.717, 1.165) is 0 Å². The second-order valence-corrected chi connectivity index (χ2v) is 5.42. The molecule has 0 saturated carbocycles. The minimum atomic E-state index is -0.0701. The Balaban J connectivity index is 2.24. The number of hydrogen-bond acceptors (Lipinski definition) is 2. The average molecular weight is 288 g/mol. The minimum absolute atomic E-state index is 0.0521. The maximum Gasteiger partial charge on any atom is 0.255 e. The molecule has 1 aromatic rings. The van der Waals surface area contributed by atoms with Crippen molar-refractivity contribution < 1.29 is 9.53 Å². The first-order chi connectivity index (χ1) is 8.49. The first-order valence-corrected chi connectivity index (χ1v) is 6.62. The normalized spacial score (nSPS) is 24.1. The van der Waals surface area contributed by atoms with Crippen LogP contribution >= 0.6 is 23.2 Å². The van der Waals surface area contributed by atoms with E-state index in [1.54, 1.807) is 23.1 Å². The summed E-state index contributed by atoms with van der Waals surface area (Å²) in [6.07, 6.45) is 0.0521. The van der Waals surface area contributed by atoms with Gasteiger partial charge in [0.2, 0.25) is 0 Å². The van der Waals surface area contributed by atoms with Gasteiger partial charge < -0.3 is 9.64 Å². The van der Waals surface area contributed by atoms with Crippen LogP contribution in [0.25, 0.3) is 0 Å². The van der Waals surface area contributed by atoms with Crippen molar-refractivity contribution in [1.29, 1.82) is 0 Å². The third kappa shape index (κ3) is 2.79. The fourth-order valence-corrected chi connectivity index (χ4v) is 2.49. The Labute approximate surface area is 117 Å². The molecule has 1 aliphatic heterocycles. The number of benzene rings is 1. The number of carbonyl (C=O) groups is 1. The van der Waals surface area contributed by atoms with Crippen LogP contribution in [0, 0.1) is 0 Å². The number of morpholine rings is 1. The van der Waals surface area contributed by atoms with E-state index in [0.29, 0.717) is 28.8 Å². The van der Waals surface area contributed by atoms with E-state index in [4.69, 9.17) is 27.9 Å². The van der Waals surface area contributed by atoms with Gasteiger partial charge in [0, 0.05) is 11.6 Å². The Bertz CT molecular complexity index is 464. The molecule has 1 aliphatic rings. The molecule has 5 heteroatoms. The Hall–Kier alpha value is -0.770. The Kier molecular flexibility index (Phi) is 4.15. The molecule has 1 aromatic carbocycles. The summed E-state index contributed by atoms with van der Waals surface area (Å²) in [5.41, 5.74) is 0.488. The molecule has 0 radical (unpaired) electrons. The molecule has 0 aromatic heterocycles. The van der Waals surface area contributed by atoms with E-state index in [-0.39, 0.29) is 18.1 Å². The molecule has 0 aliphatic carbocycles. The first kappa shape index (κ1) is 13.7. The number of amides is 1. The fraction of sp³-hybridized carbons (Fsp3) is 0.462. The van der Waals surface area contributed by atoms with Crippen molar-refractivity contribution in [3.8, 4) is 0 Å². The van der Waals surface area contributed by atoms with Gasteiger partial charge in [-0.2, -0.15) is 0 Å². The number of hydrogen-bond donors (Lipinski definition) is 0. The van der Waals surface area contributed by atoms with Crippen LogP contribution in [-0.4, -0.2) is 36.1 Å².